The molecule has 0 unspecified atom stereocenters. The second kappa shape index (κ2) is 7.70. The fourth-order valence-corrected chi connectivity index (χ4v) is 2.29. The topological polar surface area (TPSA) is 64.1 Å². The predicted molar refractivity (Wildman–Crippen MR) is 95.4 cm³/mol. The number of hydrogen-bond acceptors (Lipinski definition) is 4. The van der Waals surface area contributed by atoms with Gasteiger partial charge in [0.25, 0.3) is 0 Å². The molecule has 0 saturated heterocycles. The van der Waals surface area contributed by atoms with Crippen LogP contribution in [0.4, 0.5) is 10.6 Å². The molecule has 0 fully saturated rings. The van der Waals surface area contributed by atoms with Gasteiger partial charge in [-0.05, 0) is 23.8 Å². The molecule has 1 heterocycles. The molecule has 0 atom stereocenters. The molecular weight excluding hydrogens is 370 g/mol. The Morgan fingerprint density at radius 2 is 1.79 bits per heavy atom. The zero-order chi connectivity index (χ0) is 16.8. The molecule has 0 aliphatic heterocycles. The van der Waals surface area contributed by atoms with E-state index < -0.39 is 6.09 Å². The molecule has 2 aromatic carbocycles. The normalized spacial score (nSPS) is 10.2. The number of nitrogens with zero attached hydrogens (tertiary/aromatic N) is 2. The van der Waals surface area contributed by atoms with Gasteiger partial charge in [-0.1, -0.05) is 58.4 Å². The lowest BCUT2D eigenvalue weighted by atomic mass is 10.2. The number of carbonyl (C=O) groups is 1. The maximum Gasteiger partial charge on any atom is 0.413 e. The van der Waals surface area contributed by atoms with Crippen molar-refractivity contribution in [1.82, 2.24) is 9.97 Å². The van der Waals surface area contributed by atoms with Crippen LogP contribution in [0.3, 0.4) is 0 Å². The van der Waals surface area contributed by atoms with Crippen LogP contribution in [0.15, 0.2) is 71.3 Å². The summed E-state index contributed by atoms with van der Waals surface area (Å²) in [4.78, 5) is 20.4. The first kappa shape index (κ1) is 16.1. The fraction of sp³-hybridized carbons (Fsp3) is 0.0556. The van der Waals surface area contributed by atoms with Crippen LogP contribution in [0.25, 0.3) is 11.4 Å². The zero-order valence-electron chi connectivity index (χ0n) is 12.6. The Kier molecular flexibility index (Phi) is 5.18. The number of anilines is 1. The maximum atomic E-state index is 11.9. The van der Waals surface area contributed by atoms with Crippen LogP contribution >= 0.6 is 15.9 Å². The van der Waals surface area contributed by atoms with Crippen LogP contribution in [0, 0.1) is 0 Å². The summed E-state index contributed by atoms with van der Waals surface area (Å²) < 4.78 is 6.15. The Labute approximate surface area is 147 Å². The van der Waals surface area contributed by atoms with Gasteiger partial charge in [0.15, 0.2) is 5.82 Å². The van der Waals surface area contributed by atoms with E-state index in [9.17, 15) is 4.79 Å². The van der Waals surface area contributed by atoms with Gasteiger partial charge in [-0.15, -0.1) is 0 Å². The molecule has 0 aliphatic rings. The van der Waals surface area contributed by atoms with E-state index >= 15 is 0 Å². The fourth-order valence-electron chi connectivity index (χ4n) is 2.03. The average molecular weight is 384 g/mol. The molecule has 0 radical (unpaired) electrons. The number of nitrogens with one attached hydrogen (secondary N) is 1. The van der Waals surface area contributed by atoms with Gasteiger partial charge < -0.3 is 4.74 Å². The number of benzene rings is 2. The minimum Gasteiger partial charge on any atom is -0.444 e. The van der Waals surface area contributed by atoms with Crippen LogP contribution < -0.4 is 5.32 Å². The monoisotopic (exact) mass is 383 g/mol. The van der Waals surface area contributed by atoms with Crippen molar-refractivity contribution in [2.45, 2.75) is 6.61 Å². The Morgan fingerprint density at radius 3 is 2.54 bits per heavy atom. The minimum atomic E-state index is -0.556. The molecule has 0 saturated carbocycles. The third-order valence-electron chi connectivity index (χ3n) is 3.20. The number of ether oxygens (including phenoxy) is 1. The van der Waals surface area contributed by atoms with Crippen molar-refractivity contribution in [3.8, 4) is 11.4 Å². The van der Waals surface area contributed by atoms with Crippen LogP contribution in [-0.4, -0.2) is 16.1 Å². The summed E-state index contributed by atoms with van der Waals surface area (Å²) in [6, 6.07) is 18.7. The standard InChI is InChI=1S/C18H14BrN3O2/c19-15-8-6-14(7-9-15)17-20-11-10-16(21-17)22-18(23)24-12-13-4-2-1-3-5-13/h1-11H,12H2,(H,20,21,22,23). The van der Waals surface area contributed by atoms with Gasteiger partial charge in [-0.2, -0.15) is 0 Å². The predicted octanol–water partition coefficient (Wildman–Crippen LogP) is 4.65. The first-order valence-electron chi connectivity index (χ1n) is 7.27. The van der Waals surface area contributed by atoms with Gasteiger partial charge in [0.05, 0.1) is 0 Å². The van der Waals surface area contributed by atoms with Gasteiger partial charge in [0, 0.05) is 16.2 Å². The van der Waals surface area contributed by atoms with Crippen molar-refractivity contribution in [2.75, 3.05) is 5.32 Å². The van der Waals surface area contributed by atoms with E-state index in [-0.39, 0.29) is 6.61 Å². The molecule has 6 heteroatoms. The van der Waals surface area contributed by atoms with Crippen molar-refractivity contribution in [2.24, 2.45) is 0 Å². The molecule has 24 heavy (non-hydrogen) atoms. The molecule has 120 valence electrons. The highest BCUT2D eigenvalue weighted by molar-refractivity contribution is 9.10. The second-order valence-electron chi connectivity index (χ2n) is 4.96. The van der Waals surface area contributed by atoms with Crippen molar-refractivity contribution in [3.05, 3.63) is 76.9 Å². The first-order valence-corrected chi connectivity index (χ1v) is 8.07. The highest BCUT2D eigenvalue weighted by Gasteiger charge is 2.07. The number of halogens is 1. The molecule has 1 amide bonds. The Balaban J connectivity index is 1.64. The Hall–Kier alpha value is -2.73. The van der Waals surface area contributed by atoms with E-state index in [0.29, 0.717) is 11.6 Å². The molecule has 0 aliphatic carbocycles. The Bertz CT molecular complexity index is 823. The summed E-state index contributed by atoms with van der Waals surface area (Å²) >= 11 is 3.39. The summed E-state index contributed by atoms with van der Waals surface area (Å²) in [5, 5.41) is 2.61. The van der Waals surface area contributed by atoms with E-state index in [1.165, 1.54) is 0 Å². The van der Waals surface area contributed by atoms with Crippen molar-refractivity contribution in [3.63, 3.8) is 0 Å². The molecule has 0 bridgehead atoms. The van der Waals surface area contributed by atoms with Crippen molar-refractivity contribution in [1.29, 1.82) is 0 Å². The van der Waals surface area contributed by atoms with Gasteiger partial charge >= 0.3 is 6.09 Å². The van der Waals surface area contributed by atoms with Crippen LogP contribution in [0.5, 0.6) is 0 Å². The number of rotatable bonds is 4. The van der Waals surface area contributed by atoms with Gasteiger partial charge in [0.1, 0.15) is 12.4 Å². The van der Waals surface area contributed by atoms with Gasteiger partial charge in [-0.25, -0.2) is 14.8 Å². The second-order valence-corrected chi connectivity index (χ2v) is 5.87. The molecule has 1 aromatic heterocycles. The quantitative estimate of drug-likeness (QED) is 0.711. The smallest absolute Gasteiger partial charge is 0.413 e. The lowest BCUT2D eigenvalue weighted by Gasteiger charge is -2.07. The highest BCUT2D eigenvalue weighted by atomic mass is 79.9. The largest absolute Gasteiger partial charge is 0.444 e. The highest BCUT2D eigenvalue weighted by Crippen LogP contribution is 2.19. The average Bonchev–Trinajstić information content (AvgIpc) is 2.62. The third-order valence-corrected chi connectivity index (χ3v) is 3.73. The Morgan fingerprint density at radius 1 is 1.04 bits per heavy atom. The molecule has 5 nitrogen and oxygen atoms in total. The summed E-state index contributed by atoms with van der Waals surface area (Å²) in [5.41, 5.74) is 1.78. The van der Waals surface area contributed by atoms with E-state index in [0.717, 1.165) is 15.6 Å². The summed E-state index contributed by atoms with van der Waals surface area (Å²) in [6.07, 6.45) is 1.04. The van der Waals surface area contributed by atoms with Crippen LogP contribution in [0.2, 0.25) is 0 Å². The van der Waals surface area contributed by atoms with Crippen LogP contribution in [-0.2, 0) is 11.3 Å². The molecule has 3 aromatic rings. The first-order chi connectivity index (χ1) is 11.7. The van der Waals surface area contributed by atoms with Crippen molar-refractivity contribution < 1.29 is 9.53 Å². The number of carbonyl (C=O) groups excluding carboxylic acids is 1. The maximum absolute atomic E-state index is 11.9. The van der Waals surface area contributed by atoms with E-state index in [1.54, 1.807) is 12.3 Å². The molecule has 0 spiro atoms. The SMILES string of the molecule is O=C(Nc1ccnc(-c2ccc(Br)cc2)n1)OCc1ccccc1. The zero-order valence-corrected chi connectivity index (χ0v) is 14.2. The van der Waals surface area contributed by atoms with Crippen LogP contribution in [0.1, 0.15) is 5.56 Å². The summed E-state index contributed by atoms with van der Waals surface area (Å²) in [7, 11) is 0. The number of hydrogen-bond donors (Lipinski definition) is 1. The minimum absolute atomic E-state index is 0.206. The summed E-state index contributed by atoms with van der Waals surface area (Å²) in [6.45, 7) is 0.206. The van der Waals surface area contributed by atoms with E-state index in [1.807, 2.05) is 54.6 Å². The summed E-state index contributed by atoms with van der Waals surface area (Å²) in [5.74, 6) is 0.921. The number of amides is 1. The van der Waals surface area contributed by atoms with Crippen molar-refractivity contribution >= 4 is 27.8 Å². The lowest BCUT2D eigenvalue weighted by molar-refractivity contribution is 0.155. The molecule has 1 N–H and O–H groups in total. The van der Waals surface area contributed by atoms with Gasteiger partial charge in [0.2, 0.25) is 0 Å². The van der Waals surface area contributed by atoms with E-state index in [2.05, 4.69) is 31.2 Å². The molecule has 3 rings (SSSR count). The number of aromatic nitrogens is 2. The van der Waals surface area contributed by atoms with Gasteiger partial charge in [-0.3, -0.25) is 5.32 Å². The third kappa shape index (κ3) is 4.39. The van der Waals surface area contributed by atoms with E-state index in [4.69, 9.17) is 4.74 Å². The molecular formula is C18H14BrN3O2. The lowest BCUT2D eigenvalue weighted by Crippen LogP contribution is -2.14.